The normalized spacial score (nSPS) is 12.5. The first-order valence-corrected chi connectivity index (χ1v) is 8.24. The van der Waals surface area contributed by atoms with Gasteiger partial charge in [0, 0.05) is 12.4 Å². The predicted octanol–water partition coefficient (Wildman–Crippen LogP) is 2.86. The van der Waals surface area contributed by atoms with Gasteiger partial charge in [0.1, 0.15) is 18.3 Å². The molecule has 26 heavy (non-hydrogen) atoms. The zero-order chi connectivity index (χ0) is 18.3. The molecule has 0 fully saturated rings. The molecule has 132 valence electrons. The minimum atomic E-state index is -0.801. The Kier molecular flexibility index (Phi) is 3.84. The summed E-state index contributed by atoms with van der Waals surface area (Å²) in [5.74, 6) is -1.11. The number of esters is 1. The van der Waals surface area contributed by atoms with Crippen molar-refractivity contribution in [2.45, 2.75) is 26.5 Å². The number of hydrogen-bond donors (Lipinski definition) is 0. The third kappa shape index (κ3) is 2.67. The Morgan fingerprint density at radius 3 is 2.88 bits per heavy atom. The van der Waals surface area contributed by atoms with Gasteiger partial charge in [0.05, 0.1) is 11.2 Å². The highest BCUT2D eigenvalue weighted by molar-refractivity contribution is 5.79. The molecular formula is C19H17N3O4. The molecule has 3 heterocycles. The van der Waals surface area contributed by atoms with Crippen LogP contribution < -0.4 is 5.76 Å². The van der Waals surface area contributed by atoms with Crippen molar-refractivity contribution >= 4 is 22.7 Å². The number of imidazole rings is 1. The fourth-order valence-corrected chi connectivity index (χ4v) is 3.00. The van der Waals surface area contributed by atoms with E-state index in [0.29, 0.717) is 16.8 Å². The van der Waals surface area contributed by atoms with Gasteiger partial charge in [-0.15, -0.1) is 0 Å². The van der Waals surface area contributed by atoms with E-state index in [1.807, 2.05) is 35.9 Å². The van der Waals surface area contributed by atoms with Gasteiger partial charge in [-0.3, -0.25) is 4.57 Å². The molecule has 1 unspecified atom stereocenters. The number of ether oxygens (including phenoxy) is 1. The van der Waals surface area contributed by atoms with Crippen molar-refractivity contribution < 1.29 is 13.9 Å². The summed E-state index contributed by atoms with van der Waals surface area (Å²) in [6, 6.07) is 10.1. The third-order valence-electron chi connectivity index (χ3n) is 4.34. The van der Waals surface area contributed by atoms with Gasteiger partial charge in [0.2, 0.25) is 0 Å². The number of aryl methyl sites for hydroxylation is 1. The maximum Gasteiger partial charge on any atom is 0.420 e. The number of fused-ring (bicyclic) bond motifs is 2. The van der Waals surface area contributed by atoms with Gasteiger partial charge in [0.25, 0.3) is 0 Å². The van der Waals surface area contributed by atoms with Crippen molar-refractivity contribution in [3.05, 3.63) is 70.6 Å². The number of rotatable bonds is 4. The fourth-order valence-electron chi connectivity index (χ4n) is 3.00. The van der Waals surface area contributed by atoms with Crippen LogP contribution in [0.2, 0.25) is 0 Å². The molecule has 0 spiro atoms. The lowest BCUT2D eigenvalue weighted by Gasteiger charge is -2.11. The maximum absolute atomic E-state index is 12.4. The highest BCUT2D eigenvalue weighted by Gasteiger charge is 2.22. The highest BCUT2D eigenvalue weighted by atomic mass is 16.5. The molecule has 0 aliphatic rings. The monoisotopic (exact) mass is 351 g/mol. The average molecular weight is 351 g/mol. The van der Waals surface area contributed by atoms with E-state index in [4.69, 9.17) is 9.15 Å². The van der Waals surface area contributed by atoms with E-state index in [9.17, 15) is 9.59 Å². The summed E-state index contributed by atoms with van der Waals surface area (Å²) in [5.41, 5.74) is 3.50. The maximum atomic E-state index is 12.4. The number of carbonyl (C=O) groups is 1. The molecule has 7 nitrogen and oxygen atoms in total. The highest BCUT2D eigenvalue weighted by Crippen LogP contribution is 2.18. The van der Waals surface area contributed by atoms with Crippen LogP contribution in [0.5, 0.6) is 0 Å². The molecule has 0 aliphatic heterocycles. The Balaban J connectivity index is 1.54. The Morgan fingerprint density at radius 2 is 2.08 bits per heavy atom. The van der Waals surface area contributed by atoms with Crippen LogP contribution in [-0.4, -0.2) is 19.9 Å². The topological polar surface area (TPSA) is 78.7 Å². The van der Waals surface area contributed by atoms with Crippen molar-refractivity contribution in [3.8, 4) is 0 Å². The lowest BCUT2D eigenvalue weighted by molar-refractivity contribution is -0.148. The van der Waals surface area contributed by atoms with Crippen LogP contribution in [0.1, 0.15) is 24.2 Å². The molecule has 0 saturated carbocycles. The lowest BCUT2D eigenvalue weighted by atomic mass is 10.3. The summed E-state index contributed by atoms with van der Waals surface area (Å²) in [6.07, 6.45) is 3.71. The number of oxazole rings is 1. The molecule has 1 aromatic carbocycles. The predicted molar refractivity (Wildman–Crippen MR) is 94.9 cm³/mol. The summed E-state index contributed by atoms with van der Waals surface area (Å²) < 4.78 is 13.7. The summed E-state index contributed by atoms with van der Waals surface area (Å²) in [5, 5.41) is 0. The summed E-state index contributed by atoms with van der Waals surface area (Å²) in [6.45, 7) is 3.62. The standard InChI is InChI=1S/C19H17N3O4/c1-12-6-5-9-21-10-14(20-17(12)21)11-25-18(23)13(2)22-15-7-3-4-8-16(15)26-19(22)24/h3-10,13H,11H2,1-2H3. The lowest BCUT2D eigenvalue weighted by Crippen LogP contribution is -2.26. The van der Waals surface area contributed by atoms with Crippen LogP contribution in [0.15, 0.2) is 58.0 Å². The van der Waals surface area contributed by atoms with Crippen molar-refractivity contribution in [2.75, 3.05) is 0 Å². The Hall–Kier alpha value is -3.35. The van der Waals surface area contributed by atoms with E-state index in [-0.39, 0.29) is 6.61 Å². The van der Waals surface area contributed by atoms with E-state index in [1.54, 1.807) is 31.2 Å². The molecule has 4 rings (SSSR count). The molecule has 7 heteroatoms. The van der Waals surface area contributed by atoms with Crippen molar-refractivity contribution in [3.63, 3.8) is 0 Å². The van der Waals surface area contributed by atoms with Crippen LogP contribution in [0.25, 0.3) is 16.7 Å². The Morgan fingerprint density at radius 1 is 1.27 bits per heavy atom. The number of pyridine rings is 1. The van der Waals surface area contributed by atoms with Crippen molar-refractivity contribution in [1.29, 1.82) is 0 Å². The van der Waals surface area contributed by atoms with Gasteiger partial charge in [0.15, 0.2) is 5.58 Å². The number of carbonyl (C=O) groups excluding carboxylic acids is 1. The smallest absolute Gasteiger partial charge is 0.420 e. The van der Waals surface area contributed by atoms with Crippen LogP contribution in [0.4, 0.5) is 0 Å². The molecule has 0 bridgehead atoms. The van der Waals surface area contributed by atoms with Crippen molar-refractivity contribution in [2.24, 2.45) is 0 Å². The van der Waals surface area contributed by atoms with Gasteiger partial charge in [-0.25, -0.2) is 14.6 Å². The van der Waals surface area contributed by atoms with Gasteiger partial charge in [-0.2, -0.15) is 0 Å². The van der Waals surface area contributed by atoms with E-state index >= 15 is 0 Å². The van der Waals surface area contributed by atoms with E-state index in [0.717, 1.165) is 11.2 Å². The minimum Gasteiger partial charge on any atom is -0.458 e. The van der Waals surface area contributed by atoms with Crippen LogP contribution >= 0.6 is 0 Å². The van der Waals surface area contributed by atoms with Crippen LogP contribution in [0.3, 0.4) is 0 Å². The molecule has 0 saturated heterocycles. The van der Waals surface area contributed by atoms with Crippen molar-refractivity contribution in [1.82, 2.24) is 14.0 Å². The van der Waals surface area contributed by atoms with Gasteiger partial charge < -0.3 is 13.6 Å². The van der Waals surface area contributed by atoms with Gasteiger partial charge in [-0.05, 0) is 37.6 Å². The second kappa shape index (κ2) is 6.18. The molecule has 1 atom stereocenters. The van der Waals surface area contributed by atoms with E-state index in [1.165, 1.54) is 4.57 Å². The SMILES string of the molecule is Cc1cccn2cc(COC(=O)C(C)n3c(=O)oc4ccccc43)nc12. The fraction of sp³-hybridized carbons (Fsp3) is 0.211. The first-order chi connectivity index (χ1) is 12.5. The molecule has 0 amide bonds. The number of benzene rings is 1. The largest absolute Gasteiger partial charge is 0.458 e. The molecule has 0 aliphatic carbocycles. The van der Waals surface area contributed by atoms with E-state index < -0.39 is 17.8 Å². The minimum absolute atomic E-state index is 0.0365. The number of nitrogens with zero attached hydrogens (tertiary/aromatic N) is 3. The summed E-state index contributed by atoms with van der Waals surface area (Å²) >= 11 is 0. The molecule has 0 radical (unpaired) electrons. The summed E-state index contributed by atoms with van der Waals surface area (Å²) in [4.78, 5) is 29.0. The first kappa shape index (κ1) is 16.1. The Bertz CT molecular complexity index is 1170. The number of para-hydroxylation sites is 2. The number of hydrogen-bond acceptors (Lipinski definition) is 5. The Labute approximate surface area is 148 Å². The van der Waals surface area contributed by atoms with Gasteiger partial charge >= 0.3 is 11.7 Å². The van der Waals surface area contributed by atoms with Gasteiger partial charge in [-0.1, -0.05) is 18.2 Å². The molecular weight excluding hydrogens is 334 g/mol. The third-order valence-corrected chi connectivity index (χ3v) is 4.34. The second-order valence-corrected chi connectivity index (χ2v) is 6.14. The second-order valence-electron chi connectivity index (χ2n) is 6.14. The van der Waals surface area contributed by atoms with Crippen LogP contribution in [0, 0.1) is 6.92 Å². The zero-order valence-corrected chi connectivity index (χ0v) is 14.4. The quantitative estimate of drug-likeness (QED) is 0.528. The van der Waals surface area contributed by atoms with E-state index in [2.05, 4.69) is 4.98 Å². The molecule has 0 N–H and O–H groups in total. The molecule has 3 aromatic heterocycles. The zero-order valence-electron chi connectivity index (χ0n) is 14.4. The molecule has 4 aromatic rings. The first-order valence-electron chi connectivity index (χ1n) is 8.24. The van der Waals surface area contributed by atoms with Crippen LogP contribution in [-0.2, 0) is 16.1 Å². The number of aromatic nitrogens is 3. The summed E-state index contributed by atoms with van der Waals surface area (Å²) in [7, 11) is 0. The average Bonchev–Trinajstić information content (AvgIpc) is 3.19.